The van der Waals surface area contributed by atoms with Gasteiger partial charge in [0.2, 0.25) is 0 Å². The molecular formula is C8H13BF3O-. The first-order valence-electron chi connectivity index (χ1n) is 4.62. The van der Waals surface area contributed by atoms with Crippen LogP contribution >= 0.6 is 0 Å². The van der Waals surface area contributed by atoms with Crippen molar-refractivity contribution in [1.82, 2.24) is 0 Å². The summed E-state index contributed by atoms with van der Waals surface area (Å²) >= 11 is 0. The standard InChI is InChI=1S/C8H13BF3O/c1-13-3-2-7-4-8(5-7,6-7)9(10,11)12/h2-6H2,1H3/q-1. The van der Waals surface area contributed by atoms with E-state index in [4.69, 9.17) is 4.74 Å². The van der Waals surface area contributed by atoms with E-state index in [1.165, 1.54) is 0 Å². The average Bonchev–Trinajstić information content (AvgIpc) is 1.78. The van der Waals surface area contributed by atoms with Crippen molar-refractivity contribution < 1.29 is 17.7 Å². The van der Waals surface area contributed by atoms with Crippen LogP contribution < -0.4 is 0 Å². The summed E-state index contributed by atoms with van der Waals surface area (Å²) in [5.41, 5.74) is 0.00722. The first kappa shape index (κ1) is 9.37. The van der Waals surface area contributed by atoms with Gasteiger partial charge in [-0.2, -0.15) is 0 Å². The molecular weight excluding hydrogens is 180 g/mol. The minimum atomic E-state index is -4.60. The predicted octanol–water partition coefficient (Wildman–Crippen LogP) is 2.79. The summed E-state index contributed by atoms with van der Waals surface area (Å²) in [5.74, 6) is 0. The van der Waals surface area contributed by atoms with E-state index in [9.17, 15) is 12.9 Å². The maximum Gasteiger partial charge on any atom is 0.484 e. The van der Waals surface area contributed by atoms with Crippen LogP contribution in [-0.2, 0) is 4.74 Å². The van der Waals surface area contributed by atoms with E-state index in [1.807, 2.05) is 0 Å². The van der Waals surface area contributed by atoms with Gasteiger partial charge in [0.15, 0.2) is 0 Å². The van der Waals surface area contributed by atoms with Crippen LogP contribution in [0.1, 0.15) is 25.7 Å². The minimum Gasteiger partial charge on any atom is -0.449 e. The molecule has 0 aromatic heterocycles. The van der Waals surface area contributed by atoms with E-state index >= 15 is 0 Å². The Labute approximate surface area is 75.7 Å². The van der Waals surface area contributed by atoms with Crippen LogP contribution in [0.25, 0.3) is 0 Å². The van der Waals surface area contributed by atoms with Crippen molar-refractivity contribution in [2.24, 2.45) is 5.41 Å². The maximum absolute atomic E-state index is 12.4. The van der Waals surface area contributed by atoms with Gasteiger partial charge < -0.3 is 17.7 Å². The van der Waals surface area contributed by atoms with Crippen LogP contribution in [0.5, 0.6) is 0 Å². The van der Waals surface area contributed by atoms with Gasteiger partial charge in [-0.25, -0.2) is 0 Å². The third kappa shape index (κ3) is 1.12. The van der Waals surface area contributed by atoms with Crippen molar-refractivity contribution in [1.29, 1.82) is 0 Å². The van der Waals surface area contributed by atoms with Crippen LogP contribution in [0.15, 0.2) is 0 Å². The van der Waals surface area contributed by atoms with Gasteiger partial charge in [-0.15, -0.1) is 0 Å². The third-order valence-electron chi connectivity index (χ3n) is 3.71. The molecule has 3 saturated carbocycles. The van der Waals surface area contributed by atoms with E-state index in [-0.39, 0.29) is 5.41 Å². The Hall–Kier alpha value is -0.185. The highest BCUT2D eigenvalue weighted by molar-refractivity contribution is 6.63. The van der Waals surface area contributed by atoms with Crippen LogP contribution in [-0.4, -0.2) is 20.7 Å². The molecule has 3 fully saturated rings. The number of ether oxygens (including phenoxy) is 1. The summed E-state index contributed by atoms with van der Waals surface area (Å²) in [6.45, 7) is -4.00. The molecule has 0 heterocycles. The Bertz CT molecular complexity index is 206. The van der Waals surface area contributed by atoms with Crippen LogP contribution in [0.3, 0.4) is 0 Å². The lowest BCUT2D eigenvalue weighted by Crippen LogP contribution is -2.65. The fourth-order valence-corrected chi connectivity index (χ4v) is 3.02. The van der Waals surface area contributed by atoms with Crippen molar-refractivity contribution in [3.8, 4) is 0 Å². The molecule has 0 radical (unpaired) electrons. The minimum absolute atomic E-state index is 0.00722. The van der Waals surface area contributed by atoms with Crippen LogP contribution in [0, 0.1) is 5.41 Å². The average molecular weight is 193 g/mol. The lowest BCUT2D eigenvalue weighted by atomic mass is 9.24. The summed E-state index contributed by atoms with van der Waals surface area (Å²) in [7, 11) is 1.59. The van der Waals surface area contributed by atoms with Crippen molar-refractivity contribution in [2.45, 2.75) is 31.0 Å². The van der Waals surface area contributed by atoms with Crippen molar-refractivity contribution in [3.05, 3.63) is 0 Å². The molecule has 0 spiro atoms. The molecule has 76 valence electrons. The summed E-state index contributed by atoms with van der Waals surface area (Å²) in [4.78, 5) is 0. The molecule has 0 aliphatic heterocycles. The van der Waals surface area contributed by atoms with Gasteiger partial charge in [-0.1, -0.05) is 24.6 Å². The lowest BCUT2D eigenvalue weighted by molar-refractivity contribution is -0.127. The van der Waals surface area contributed by atoms with Gasteiger partial charge in [-0.05, 0) is 11.8 Å². The number of hydrogen-bond donors (Lipinski definition) is 0. The van der Waals surface area contributed by atoms with Gasteiger partial charge >= 0.3 is 6.98 Å². The zero-order valence-corrected chi connectivity index (χ0v) is 7.66. The van der Waals surface area contributed by atoms with Gasteiger partial charge in [-0.3, -0.25) is 0 Å². The summed E-state index contributed by atoms with van der Waals surface area (Å²) in [6, 6.07) is 0. The zero-order valence-electron chi connectivity index (χ0n) is 7.66. The highest BCUT2D eigenvalue weighted by Crippen LogP contribution is 2.83. The SMILES string of the molecule is COCCC12CC([B-](F)(F)F)(C1)C2. The van der Waals surface area contributed by atoms with Crippen molar-refractivity contribution in [3.63, 3.8) is 0 Å². The molecule has 0 aromatic rings. The Morgan fingerprint density at radius 3 is 2.15 bits per heavy atom. The number of methoxy groups -OCH3 is 1. The molecule has 0 unspecified atom stereocenters. The van der Waals surface area contributed by atoms with E-state index in [0.29, 0.717) is 25.9 Å². The largest absolute Gasteiger partial charge is 0.484 e. The molecule has 13 heavy (non-hydrogen) atoms. The maximum atomic E-state index is 12.4. The van der Waals surface area contributed by atoms with Crippen LogP contribution in [0.4, 0.5) is 12.9 Å². The Balaban J connectivity index is 1.86. The molecule has 5 heteroatoms. The molecule has 0 N–H and O–H groups in total. The fourth-order valence-electron chi connectivity index (χ4n) is 3.02. The highest BCUT2D eigenvalue weighted by atomic mass is 19.4. The normalized spacial score (nSPS) is 42.5. The first-order valence-corrected chi connectivity index (χ1v) is 4.62. The Morgan fingerprint density at radius 1 is 1.23 bits per heavy atom. The van der Waals surface area contributed by atoms with Crippen LogP contribution in [0.2, 0.25) is 5.31 Å². The van der Waals surface area contributed by atoms with Crippen molar-refractivity contribution >= 4 is 6.98 Å². The Kier molecular flexibility index (Phi) is 1.76. The molecule has 3 aliphatic rings. The third-order valence-corrected chi connectivity index (χ3v) is 3.71. The number of halogens is 3. The topological polar surface area (TPSA) is 9.23 Å². The van der Waals surface area contributed by atoms with E-state index < -0.39 is 12.3 Å². The molecule has 2 bridgehead atoms. The Morgan fingerprint density at radius 2 is 1.77 bits per heavy atom. The second kappa shape index (κ2) is 2.44. The summed E-state index contributed by atoms with van der Waals surface area (Å²) < 4.78 is 42.2. The molecule has 0 saturated heterocycles. The fraction of sp³-hybridized carbons (Fsp3) is 1.00. The van der Waals surface area contributed by atoms with E-state index in [1.54, 1.807) is 7.11 Å². The van der Waals surface area contributed by atoms with E-state index in [0.717, 1.165) is 6.42 Å². The van der Waals surface area contributed by atoms with Crippen molar-refractivity contribution in [2.75, 3.05) is 13.7 Å². The van der Waals surface area contributed by atoms with Gasteiger partial charge in [0.1, 0.15) is 0 Å². The van der Waals surface area contributed by atoms with E-state index in [2.05, 4.69) is 0 Å². The predicted molar refractivity (Wildman–Crippen MR) is 44.5 cm³/mol. The summed E-state index contributed by atoms with van der Waals surface area (Å²) in [5, 5.41) is -1.23. The highest BCUT2D eigenvalue weighted by Gasteiger charge is 2.73. The monoisotopic (exact) mass is 193 g/mol. The molecule has 1 nitrogen and oxygen atoms in total. The van der Waals surface area contributed by atoms with Gasteiger partial charge in [0.05, 0.1) is 0 Å². The lowest BCUT2D eigenvalue weighted by Gasteiger charge is -2.75. The molecule has 0 atom stereocenters. The number of rotatable bonds is 4. The molecule has 0 amide bonds. The van der Waals surface area contributed by atoms with Gasteiger partial charge in [0.25, 0.3) is 0 Å². The second-order valence-electron chi connectivity index (χ2n) is 4.71. The number of hydrogen-bond acceptors (Lipinski definition) is 1. The first-order chi connectivity index (χ1) is 5.93. The molecule has 3 rings (SSSR count). The smallest absolute Gasteiger partial charge is 0.449 e. The van der Waals surface area contributed by atoms with Gasteiger partial charge in [0, 0.05) is 13.7 Å². The zero-order chi connectivity index (χ0) is 9.74. The molecule has 0 aromatic carbocycles. The quantitative estimate of drug-likeness (QED) is 0.623. The molecule has 3 aliphatic carbocycles. The second-order valence-corrected chi connectivity index (χ2v) is 4.71. The summed E-state index contributed by atoms with van der Waals surface area (Å²) in [6.07, 6.45) is 1.91.